The van der Waals surface area contributed by atoms with Crippen LogP contribution in [0.2, 0.25) is 0 Å². The van der Waals surface area contributed by atoms with E-state index in [4.69, 9.17) is 12.2 Å². The predicted molar refractivity (Wildman–Crippen MR) is 81.5 cm³/mol. The maximum absolute atomic E-state index is 10.8. The summed E-state index contributed by atoms with van der Waals surface area (Å²) in [6.45, 7) is 5.67. The minimum absolute atomic E-state index is 0.0163. The topological polar surface area (TPSA) is 87.4 Å². The number of nitro benzene ring substituents is 1. The van der Waals surface area contributed by atoms with E-state index in [-0.39, 0.29) is 17.8 Å². The van der Waals surface area contributed by atoms with E-state index in [2.05, 4.69) is 10.6 Å². The molecule has 0 fully saturated rings. The molecular formula is C13H19N3O3S. The molecule has 0 radical (unpaired) electrons. The van der Waals surface area contributed by atoms with Gasteiger partial charge in [-0.25, -0.2) is 0 Å². The smallest absolute Gasteiger partial charge is 0.269 e. The number of hydrogen-bond donors (Lipinski definition) is 3. The lowest BCUT2D eigenvalue weighted by Crippen LogP contribution is -2.47. The van der Waals surface area contributed by atoms with Gasteiger partial charge in [0.2, 0.25) is 0 Å². The molecule has 1 aromatic rings. The SMILES string of the molecule is CC(C)(C)NC(=S)NC(CO)c1cccc([N+](=O)[O-])c1. The van der Waals surface area contributed by atoms with E-state index in [9.17, 15) is 15.2 Å². The Morgan fingerprint density at radius 2 is 2.15 bits per heavy atom. The van der Waals surface area contributed by atoms with Crippen LogP contribution in [-0.4, -0.2) is 27.3 Å². The second kappa shape index (κ2) is 6.62. The zero-order valence-corrected chi connectivity index (χ0v) is 12.5. The zero-order valence-electron chi connectivity index (χ0n) is 11.7. The van der Waals surface area contributed by atoms with Crippen molar-refractivity contribution < 1.29 is 10.0 Å². The molecule has 3 N–H and O–H groups in total. The Kier molecular flexibility index (Phi) is 5.41. The van der Waals surface area contributed by atoms with Gasteiger partial charge in [0, 0.05) is 17.7 Å². The van der Waals surface area contributed by atoms with Crippen LogP contribution in [-0.2, 0) is 0 Å². The number of thiocarbonyl (C=S) groups is 1. The second-order valence-corrected chi connectivity index (χ2v) is 5.84. The predicted octanol–water partition coefficient (Wildman–Crippen LogP) is 1.89. The monoisotopic (exact) mass is 297 g/mol. The van der Waals surface area contributed by atoms with Gasteiger partial charge in [0.25, 0.3) is 5.69 Å². The van der Waals surface area contributed by atoms with Crippen molar-refractivity contribution in [3.63, 3.8) is 0 Å². The largest absolute Gasteiger partial charge is 0.394 e. The Hall–Kier alpha value is -1.73. The summed E-state index contributed by atoms with van der Waals surface area (Å²) in [5, 5.41) is 26.6. The Bertz CT molecular complexity index is 500. The van der Waals surface area contributed by atoms with Gasteiger partial charge in [-0.2, -0.15) is 0 Å². The van der Waals surface area contributed by atoms with Gasteiger partial charge in [0.15, 0.2) is 5.11 Å². The van der Waals surface area contributed by atoms with Crippen LogP contribution < -0.4 is 10.6 Å². The summed E-state index contributed by atoms with van der Waals surface area (Å²) in [6, 6.07) is 5.63. The molecule has 1 aromatic carbocycles. The van der Waals surface area contributed by atoms with Crippen LogP contribution in [0, 0.1) is 10.1 Å². The van der Waals surface area contributed by atoms with Crippen molar-refractivity contribution >= 4 is 23.0 Å². The number of nitro groups is 1. The van der Waals surface area contributed by atoms with Gasteiger partial charge >= 0.3 is 0 Å². The molecule has 0 aliphatic rings. The summed E-state index contributed by atoms with van der Waals surface area (Å²) in [5.74, 6) is 0. The number of rotatable bonds is 4. The van der Waals surface area contributed by atoms with Crippen LogP contribution in [0.25, 0.3) is 0 Å². The van der Waals surface area contributed by atoms with Crippen molar-refractivity contribution in [3.05, 3.63) is 39.9 Å². The fourth-order valence-electron chi connectivity index (χ4n) is 1.62. The molecule has 0 bridgehead atoms. The number of benzene rings is 1. The lowest BCUT2D eigenvalue weighted by atomic mass is 10.1. The molecule has 1 atom stereocenters. The van der Waals surface area contributed by atoms with Crippen LogP contribution in [0.3, 0.4) is 0 Å². The summed E-state index contributed by atoms with van der Waals surface area (Å²) in [5.41, 5.74) is 0.393. The van der Waals surface area contributed by atoms with Crippen molar-refractivity contribution in [1.82, 2.24) is 10.6 Å². The molecule has 0 saturated carbocycles. The second-order valence-electron chi connectivity index (χ2n) is 5.44. The molecule has 0 saturated heterocycles. The Balaban J connectivity index is 2.83. The molecule has 1 rings (SSSR count). The first-order chi connectivity index (χ1) is 9.23. The highest BCUT2D eigenvalue weighted by Crippen LogP contribution is 2.19. The fourth-order valence-corrected chi connectivity index (χ4v) is 2.07. The third-order valence-corrected chi connectivity index (χ3v) is 2.68. The normalized spacial score (nSPS) is 12.6. The van der Waals surface area contributed by atoms with Gasteiger partial charge in [-0.15, -0.1) is 0 Å². The van der Waals surface area contributed by atoms with E-state index in [1.54, 1.807) is 12.1 Å². The van der Waals surface area contributed by atoms with E-state index in [0.29, 0.717) is 10.7 Å². The minimum atomic E-state index is -0.489. The molecule has 20 heavy (non-hydrogen) atoms. The van der Waals surface area contributed by atoms with Crippen LogP contribution in [0.4, 0.5) is 5.69 Å². The van der Waals surface area contributed by atoms with Crippen LogP contribution in [0.15, 0.2) is 24.3 Å². The third-order valence-electron chi connectivity index (χ3n) is 2.46. The van der Waals surface area contributed by atoms with Gasteiger partial charge in [-0.1, -0.05) is 12.1 Å². The Labute approximate surface area is 123 Å². The van der Waals surface area contributed by atoms with Gasteiger partial charge in [-0.3, -0.25) is 10.1 Å². The fraction of sp³-hybridized carbons (Fsp3) is 0.462. The lowest BCUT2D eigenvalue weighted by molar-refractivity contribution is -0.384. The highest BCUT2D eigenvalue weighted by atomic mass is 32.1. The van der Waals surface area contributed by atoms with Crippen LogP contribution >= 0.6 is 12.2 Å². The number of aliphatic hydroxyl groups excluding tert-OH is 1. The number of aliphatic hydroxyl groups is 1. The number of non-ortho nitro benzene ring substituents is 1. The van der Waals surface area contributed by atoms with Crippen molar-refractivity contribution in [2.24, 2.45) is 0 Å². The molecule has 6 nitrogen and oxygen atoms in total. The summed E-state index contributed by atoms with van der Waals surface area (Å²) in [7, 11) is 0. The first kappa shape index (κ1) is 16.3. The molecule has 110 valence electrons. The Morgan fingerprint density at radius 1 is 1.50 bits per heavy atom. The van der Waals surface area contributed by atoms with Gasteiger partial charge < -0.3 is 15.7 Å². The average Bonchev–Trinajstić information content (AvgIpc) is 2.34. The third kappa shape index (κ3) is 5.10. The Morgan fingerprint density at radius 3 is 2.65 bits per heavy atom. The first-order valence-electron chi connectivity index (χ1n) is 6.17. The molecule has 0 aromatic heterocycles. The molecule has 1 unspecified atom stereocenters. The average molecular weight is 297 g/mol. The number of nitrogens with one attached hydrogen (secondary N) is 2. The van der Waals surface area contributed by atoms with Gasteiger partial charge in [-0.05, 0) is 38.6 Å². The molecular weight excluding hydrogens is 278 g/mol. The number of hydrogen-bond acceptors (Lipinski definition) is 4. The maximum atomic E-state index is 10.8. The highest BCUT2D eigenvalue weighted by Gasteiger charge is 2.17. The minimum Gasteiger partial charge on any atom is -0.394 e. The summed E-state index contributed by atoms with van der Waals surface area (Å²) >= 11 is 5.16. The highest BCUT2D eigenvalue weighted by molar-refractivity contribution is 7.80. The van der Waals surface area contributed by atoms with Crippen molar-refractivity contribution in [2.75, 3.05) is 6.61 Å². The van der Waals surface area contributed by atoms with E-state index < -0.39 is 11.0 Å². The molecule has 7 heteroatoms. The molecule has 0 aliphatic heterocycles. The van der Waals surface area contributed by atoms with Crippen LogP contribution in [0.5, 0.6) is 0 Å². The summed E-state index contributed by atoms with van der Waals surface area (Å²) in [6.07, 6.45) is 0. The quantitative estimate of drug-likeness (QED) is 0.447. The van der Waals surface area contributed by atoms with E-state index in [1.165, 1.54) is 12.1 Å². The van der Waals surface area contributed by atoms with Crippen molar-refractivity contribution in [2.45, 2.75) is 32.4 Å². The van der Waals surface area contributed by atoms with Crippen LogP contribution in [0.1, 0.15) is 32.4 Å². The van der Waals surface area contributed by atoms with Crippen molar-refractivity contribution in [1.29, 1.82) is 0 Å². The molecule has 0 amide bonds. The number of nitrogens with zero attached hydrogens (tertiary/aromatic N) is 1. The van der Waals surface area contributed by atoms with Gasteiger partial charge in [0.05, 0.1) is 17.6 Å². The standard InChI is InChI=1S/C13H19N3O3S/c1-13(2,3)15-12(20)14-11(8-17)9-5-4-6-10(7-9)16(18)19/h4-7,11,17H,8H2,1-3H3,(H2,14,15,20). The van der Waals surface area contributed by atoms with Crippen molar-refractivity contribution in [3.8, 4) is 0 Å². The van der Waals surface area contributed by atoms with Gasteiger partial charge in [0.1, 0.15) is 0 Å². The molecule has 0 aliphatic carbocycles. The lowest BCUT2D eigenvalue weighted by Gasteiger charge is -2.26. The summed E-state index contributed by atoms with van der Waals surface area (Å²) in [4.78, 5) is 10.3. The zero-order chi connectivity index (χ0) is 15.3. The van der Waals surface area contributed by atoms with E-state index >= 15 is 0 Å². The van der Waals surface area contributed by atoms with E-state index in [1.807, 2.05) is 20.8 Å². The van der Waals surface area contributed by atoms with E-state index in [0.717, 1.165) is 0 Å². The summed E-state index contributed by atoms with van der Waals surface area (Å²) < 4.78 is 0. The first-order valence-corrected chi connectivity index (χ1v) is 6.57. The molecule has 0 heterocycles. The maximum Gasteiger partial charge on any atom is 0.269 e. The molecule has 0 spiro atoms.